The fourth-order valence-electron chi connectivity index (χ4n) is 3.97. The van der Waals surface area contributed by atoms with Gasteiger partial charge in [0.1, 0.15) is 0 Å². The van der Waals surface area contributed by atoms with Gasteiger partial charge in [-0.25, -0.2) is 0 Å². The van der Waals surface area contributed by atoms with Crippen molar-refractivity contribution in [2.45, 2.75) is 46.0 Å². The van der Waals surface area contributed by atoms with Crippen molar-refractivity contribution in [1.29, 1.82) is 0 Å². The summed E-state index contributed by atoms with van der Waals surface area (Å²) in [4.78, 5) is 19.8. The molecule has 0 spiro atoms. The van der Waals surface area contributed by atoms with E-state index in [2.05, 4.69) is 60.2 Å². The van der Waals surface area contributed by atoms with E-state index in [1.165, 1.54) is 24.1 Å². The van der Waals surface area contributed by atoms with E-state index in [4.69, 9.17) is 5.11 Å². The van der Waals surface area contributed by atoms with E-state index >= 15 is 0 Å². The molecule has 223 valence electrons. The number of nitrogens with zero attached hydrogens (tertiary/aromatic N) is 2. The molecule has 5 heteroatoms. The number of hydrogen-bond acceptors (Lipinski definition) is 4. The Hall–Kier alpha value is -4.18. The largest absolute Gasteiger partial charge is 0.512 e. The summed E-state index contributed by atoms with van der Waals surface area (Å²) in [5.74, 6) is 0.633. The van der Waals surface area contributed by atoms with Gasteiger partial charge in [0, 0.05) is 45.0 Å². The number of carbonyl (C=O) groups is 1. The Morgan fingerprint density at radius 1 is 0.791 bits per heavy atom. The number of rotatable bonds is 8. The number of aryl methyl sites for hydroxylation is 1. The van der Waals surface area contributed by atoms with Gasteiger partial charge < -0.3 is 15.1 Å². The van der Waals surface area contributed by atoms with Crippen molar-refractivity contribution in [3.05, 3.63) is 157 Å². The van der Waals surface area contributed by atoms with Crippen molar-refractivity contribution >= 4 is 5.78 Å². The van der Waals surface area contributed by atoms with Gasteiger partial charge >= 0.3 is 0 Å². The quantitative estimate of drug-likeness (QED) is 0.0978. The molecule has 5 aromatic rings. The van der Waals surface area contributed by atoms with Crippen LogP contribution in [-0.2, 0) is 31.3 Å². The van der Waals surface area contributed by atoms with Crippen LogP contribution in [0.15, 0.2) is 133 Å². The van der Waals surface area contributed by atoms with E-state index in [0.29, 0.717) is 12.3 Å². The molecule has 1 atom stereocenters. The fraction of sp³-hybridized carbons (Fsp3) is 0.184. The normalized spacial score (nSPS) is 11.0. The fourth-order valence-corrected chi connectivity index (χ4v) is 3.97. The first-order chi connectivity index (χ1) is 20.5. The predicted octanol–water partition coefficient (Wildman–Crippen LogP) is 9.26. The van der Waals surface area contributed by atoms with E-state index in [9.17, 15) is 4.79 Å². The number of aliphatic hydroxyl groups is 1. The molecule has 5 rings (SSSR count). The third kappa shape index (κ3) is 13.1. The zero-order valence-corrected chi connectivity index (χ0v) is 27.3. The first-order valence-electron chi connectivity index (χ1n) is 14.2. The maximum atomic E-state index is 11.4. The molecule has 0 saturated heterocycles. The number of aromatic nitrogens is 2. The first-order valence-corrected chi connectivity index (χ1v) is 14.2. The second-order valence-electron chi connectivity index (χ2n) is 9.79. The Morgan fingerprint density at radius 3 is 1.70 bits per heavy atom. The van der Waals surface area contributed by atoms with E-state index in [1.807, 2.05) is 84.9 Å². The summed E-state index contributed by atoms with van der Waals surface area (Å²) in [6.45, 7) is 5.91. The minimum absolute atomic E-state index is 0. The summed E-state index contributed by atoms with van der Waals surface area (Å²) in [6.07, 6.45) is 7.17. The van der Waals surface area contributed by atoms with Gasteiger partial charge in [-0.15, -0.1) is 71.8 Å². The number of allylic oxidation sites excluding steroid dienone is 2. The molecule has 0 aliphatic rings. The molecule has 4 nitrogen and oxygen atoms in total. The van der Waals surface area contributed by atoms with Crippen LogP contribution < -0.4 is 0 Å². The monoisotopic (exact) mass is 747 g/mol. The van der Waals surface area contributed by atoms with E-state index < -0.39 is 0 Å². The van der Waals surface area contributed by atoms with Gasteiger partial charge in [-0.1, -0.05) is 62.4 Å². The van der Waals surface area contributed by atoms with Crippen molar-refractivity contribution in [3.63, 3.8) is 0 Å². The minimum Gasteiger partial charge on any atom is -0.512 e. The van der Waals surface area contributed by atoms with Gasteiger partial charge in [0.05, 0.1) is 5.76 Å². The summed E-state index contributed by atoms with van der Waals surface area (Å²) in [5, 5.41) is 8.98. The molecular weight excluding hydrogens is 709 g/mol. The van der Waals surface area contributed by atoms with Crippen molar-refractivity contribution in [3.8, 4) is 22.5 Å². The van der Waals surface area contributed by atoms with E-state index in [-0.39, 0.29) is 31.6 Å². The van der Waals surface area contributed by atoms with Crippen molar-refractivity contribution in [1.82, 2.24) is 9.97 Å². The number of carbonyl (C=O) groups excluding carboxylic acids is 1. The topological polar surface area (TPSA) is 63.1 Å². The molecule has 0 bridgehead atoms. The van der Waals surface area contributed by atoms with Crippen LogP contribution in [0.4, 0.5) is 0 Å². The van der Waals surface area contributed by atoms with Crippen LogP contribution in [0.2, 0.25) is 0 Å². The number of pyridine rings is 2. The molecule has 1 unspecified atom stereocenters. The van der Waals surface area contributed by atoms with Gasteiger partial charge in [0.15, 0.2) is 5.78 Å². The molecule has 0 aliphatic carbocycles. The smallest absolute Gasteiger partial charge is 0.159 e. The van der Waals surface area contributed by atoms with Crippen LogP contribution >= 0.6 is 0 Å². The average Bonchev–Trinajstić information content (AvgIpc) is 3.05. The zero-order chi connectivity index (χ0) is 30.0. The second kappa shape index (κ2) is 19.9. The number of aliphatic hydroxyl groups excluding tert-OH is 1. The Kier molecular flexibility index (Phi) is 16.2. The molecule has 2 heterocycles. The van der Waals surface area contributed by atoms with Crippen LogP contribution in [0.1, 0.15) is 50.7 Å². The molecule has 2 aromatic heterocycles. The number of ketones is 1. The Morgan fingerprint density at radius 2 is 1.30 bits per heavy atom. The first kappa shape index (κ1) is 35.0. The molecule has 1 radical (unpaired) electrons. The second-order valence-corrected chi connectivity index (χ2v) is 9.79. The zero-order valence-electron chi connectivity index (χ0n) is 24.9. The van der Waals surface area contributed by atoms with E-state index in [1.54, 1.807) is 12.4 Å². The van der Waals surface area contributed by atoms with Crippen LogP contribution in [0.25, 0.3) is 22.5 Å². The third-order valence-corrected chi connectivity index (χ3v) is 6.49. The van der Waals surface area contributed by atoms with Crippen LogP contribution in [-0.4, -0.2) is 20.9 Å². The van der Waals surface area contributed by atoms with Crippen LogP contribution in [0.3, 0.4) is 0 Å². The molecule has 1 N–H and O–H groups in total. The minimum atomic E-state index is -0.0268. The van der Waals surface area contributed by atoms with E-state index in [0.717, 1.165) is 35.4 Å². The molecule has 0 aliphatic heterocycles. The maximum absolute atomic E-state index is 11.4. The maximum Gasteiger partial charge on any atom is 0.159 e. The summed E-state index contributed by atoms with van der Waals surface area (Å²) in [5.41, 5.74) is 6.53. The van der Waals surface area contributed by atoms with Crippen LogP contribution in [0, 0.1) is 12.1 Å². The van der Waals surface area contributed by atoms with Crippen LogP contribution in [0.5, 0.6) is 0 Å². The number of benzene rings is 3. The molecule has 43 heavy (non-hydrogen) atoms. The van der Waals surface area contributed by atoms with Crippen molar-refractivity contribution in [2.24, 2.45) is 0 Å². The molecule has 0 amide bonds. The van der Waals surface area contributed by atoms with Gasteiger partial charge in [-0.05, 0) is 60.3 Å². The Balaban J connectivity index is 0.000000229. The third-order valence-electron chi connectivity index (χ3n) is 6.49. The summed E-state index contributed by atoms with van der Waals surface area (Å²) >= 11 is 0. The molecule has 0 fully saturated rings. The Labute approximate surface area is 270 Å². The molecule has 0 saturated carbocycles. The van der Waals surface area contributed by atoms with Crippen molar-refractivity contribution in [2.75, 3.05) is 0 Å². The van der Waals surface area contributed by atoms with Crippen molar-refractivity contribution < 1.29 is 30.0 Å². The van der Waals surface area contributed by atoms with Gasteiger partial charge in [-0.2, -0.15) is 0 Å². The summed E-state index contributed by atoms with van der Waals surface area (Å²) in [6, 6.07) is 42.1. The van der Waals surface area contributed by atoms with Gasteiger partial charge in [0.25, 0.3) is 0 Å². The standard InChI is InChI=1S/C16H22O2.2C11H8N.Ir/c1-4-12(2)15-8-5-14(6-9-15)7-10-16(18)11-13(3)17;2*1-2-6-10(7-3-1)11-8-4-5-9-12-11;/h5-6,8-9,11-12,17H,4,7,10H2,1-3H3;2*1-6,8-9H;/q;2*-1;/b13-11-;;;. The molecular formula is C38H38IrN2O2-2. The van der Waals surface area contributed by atoms with Gasteiger partial charge in [0.2, 0.25) is 0 Å². The average molecular weight is 747 g/mol. The SMILES string of the molecule is CCC(C)c1ccc(CCC(=O)/C=C(/C)O)cc1.[Ir].[c-]1ccccc1-c1ccccn1.[c-]1ccccc1-c1ccccn1. The molecule has 3 aromatic carbocycles. The Bertz CT molecular complexity index is 1320. The van der Waals surface area contributed by atoms with Gasteiger partial charge in [-0.3, -0.25) is 4.79 Å². The summed E-state index contributed by atoms with van der Waals surface area (Å²) in [7, 11) is 0. The number of hydrogen-bond donors (Lipinski definition) is 1. The summed E-state index contributed by atoms with van der Waals surface area (Å²) < 4.78 is 0. The predicted molar refractivity (Wildman–Crippen MR) is 172 cm³/mol.